The second kappa shape index (κ2) is 5.57. The van der Waals surface area contributed by atoms with Crippen molar-refractivity contribution in [1.29, 1.82) is 0 Å². The molecule has 0 unspecified atom stereocenters. The monoisotopic (exact) mass is 261 g/mol. The summed E-state index contributed by atoms with van der Waals surface area (Å²) in [6, 6.07) is 22.4. The molecule has 0 bridgehead atoms. The Hall–Kier alpha value is -2.61. The van der Waals surface area contributed by atoms with Crippen molar-refractivity contribution in [2.75, 3.05) is 7.11 Å². The Balaban J connectivity index is 1.98. The number of nitrogens with zero attached hydrogens (tertiary/aromatic N) is 1. The highest BCUT2D eigenvalue weighted by molar-refractivity contribution is 5.70. The molecular formula is C18H15NO. The van der Waals surface area contributed by atoms with Crippen molar-refractivity contribution in [3.8, 4) is 28.1 Å². The molecule has 0 saturated carbocycles. The summed E-state index contributed by atoms with van der Waals surface area (Å²) in [6.07, 6.45) is 1.85. The van der Waals surface area contributed by atoms with Gasteiger partial charge in [0.15, 0.2) is 0 Å². The Kier molecular flexibility index (Phi) is 3.46. The van der Waals surface area contributed by atoms with Gasteiger partial charge in [-0.15, -0.1) is 0 Å². The topological polar surface area (TPSA) is 22.1 Å². The maximum atomic E-state index is 5.18. The van der Waals surface area contributed by atoms with Crippen LogP contribution in [-0.2, 0) is 0 Å². The van der Waals surface area contributed by atoms with E-state index < -0.39 is 0 Å². The fourth-order valence-corrected chi connectivity index (χ4v) is 2.16. The molecule has 1 heterocycles. The minimum atomic E-state index is 0.855. The van der Waals surface area contributed by atoms with Gasteiger partial charge < -0.3 is 4.74 Å². The van der Waals surface area contributed by atoms with Gasteiger partial charge in [-0.1, -0.05) is 30.3 Å². The standard InChI is InChI=1S/C18H15NO/c1-20-17-9-7-15(8-10-17)18-13-16(11-12-19-18)14-5-3-2-4-6-14/h2-13H,1H3. The van der Waals surface area contributed by atoms with Gasteiger partial charge in [0.1, 0.15) is 5.75 Å². The summed E-state index contributed by atoms with van der Waals surface area (Å²) < 4.78 is 5.18. The maximum absolute atomic E-state index is 5.18. The quantitative estimate of drug-likeness (QED) is 0.696. The smallest absolute Gasteiger partial charge is 0.118 e. The van der Waals surface area contributed by atoms with Crippen molar-refractivity contribution >= 4 is 0 Å². The lowest BCUT2D eigenvalue weighted by Crippen LogP contribution is -1.86. The molecule has 0 aliphatic rings. The van der Waals surface area contributed by atoms with Gasteiger partial charge in [-0.2, -0.15) is 0 Å². The lowest BCUT2D eigenvalue weighted by Gasteiger charge is -2.06. The Morgan fingerprint density at radius 2 is 1.50 bits per heavy atom. The number of ether oxygens (including phenoxy) is 1. The molecule has 2 aromatic carbocycles. The number of rotatable bonds is 3. The zero-order valence-electron chi connectivity index (χ0n) is 11.3. The second-order valence-electron chi connectivity index (χ2n) is 4.52. The molecule has 0 radical (unpaired) electrons. The molecule has 3 rings (SSSR count). The van der Waals surface area contributed by atoms with E-state index in [-0.39, 0.29) is 0 Å². The van der Waals surface area contributed by atoms with Gasteiger partial charge in [-0.25, -0.2) is 0 Å². The van der Waals surface area contributed by atoms with Crippen molar-refractivity contribution in [2.24, 2.45) is 0 Å². The van der Waals surface area contributed by atoms with E-state index in [1.54, 1.807) is 7.11 Å². The van der Waals surface area contributed by atoms with E-state index in [1.165, 1.54) is 11.1 Å². The first-order chi connectivity index (χ1) is 9.86. The Morgan fingerprint density at radius 3 is 2.20 bits per heavy atom. The zero-order chi connectivity index (χ0) is 13.8. The highest BCUT2D eigenvalue weighted by Gasteiger charge is 2.03. The summed E-state index contributed by atoms with van der Waals surface area (Å²) >= 11 is 0. The molecule has 0 aliphatic heterocycles. The van der Waals surface area contributed by atoms with Gasteiger partial charge in [0.05, 0.1) is 12.8 Å². The maximum Gasteiger partial charge on any atom is 0.118 e. The van der Waals surface area contributed by atoms with Crippen molar-refractivity contribution < 1.29 is 4.74 Å². The fraction of sp³-hybridized carbons (Fsp3) is 0.0556. The van der Waals surface area contributed by atoms with E-state index in [1.807, 2.05) is 54.7 Å². The summed E-state index contributed by atoms with van der Waals surface area (Å²) in [5, 5.41) is 0. The minimum absolute atomic E-state index is 0.855. The highest BCUT2D eigenvalue weighted by Crippen LogP contribution is 2.25. The first-order valence-corrected chi connectivity index (χ1v) is 6.53. The van der Waals surface area contributed by atoms with Crippen molar-refractivity contribution in [2.45, 2.75) is 0 Å². The molecule has 0 atom stereocenters. The molecule has 20 heavy (non-hydrogen) atoms. The summed E-state index contributed by atoms with van der Waals surface area (Å²) in [5.74, 6) is 0.855. The van der Waals surface area contributed by atoms with Crippen LogP contribution in [-0.4, -0.2) is 12.1 Å². The normalized spacial score (nSPS) is 10.2. The van der Waals surface area contributed by atoms with Gasteiger partial charge in [0.25, 0.3) is 0 Å². The third-order valence-electron chi connectivity index (χ3n) is 3.25. The van der Waals surface area contributed by atoms with Crippen molar-refractivity contribution in [3.05, 3.63) is 72.9 Å². The van der Waals surface area contributed by atoms with Crippen LogP contribution >= 0.6 is 0 Å². The number of pyridine rings is 1. The molecule has 2 nitrogen and oxygen atoms in total. The van der Waals surface area contributed by atoms with Gasteiger partial charge in [0, 0.05) is 11.8 Å². The molecule has 0 aliphatic carbocycles. The van der Waals surface area contributed by atoms with Gasteiger partial charge in [0.2, 0.25) is 0 Å². The average Bonchev–Trinajstić information content (AvgIpc) is 2.56. The molecule has 3 aromatic rings. The first kappa shape index (κ1) is 12.4. The van der Waals surface area contributed by atoms with E-state index in [2.05, 4.69) is 23.2 Å². The highest BCUT2D eigenvalue weighted by atomic mass is 16.5. The third kappa shape index (κ3) is 2.54. The van der Waals surface area contributed by atoms with Crippen LogP contribution in [0.3, 0.4) is 0 Å². The van der Waals surface area contributed by atoms with Crippen LogP contribution in [0.2, 0.25) is 0 Å². The molecule has 0 spiro atoms. The molecule has 98 valence electrons. The van der Waals surface area contributed by atoms with E-state index in [4.69, 9.17) is 4.74 Å². The number of aromatic nitrogens is 1. The van der Waals surface area contributed by atoms with E-state index >= 15 is 0 Å². The summed E-state index contributed by atoms with van der Waals surface area (Å²) in [7, 11) is 1.67. The van der Waals surface area contributed by atoms with Crippen LogP contribution < -0.4 is 4.74 Å². The average molecular weight is 261 g/mol. The van der Waals surface area contributed by atoms with Crippen LogP contribution in [0.25, 0.3) is 22.4 Å². The zero-order valence-corrected chi connectivity index (χ0v) is 11.3. The lowest BCUT2D eigenvalue weighted by atomic mass is 10.0. The predicted octanol–water partition coefficient (Wildman–Crippen LogP) is 4.42. The van der Waals surface area contributed by atoms with Crippen LogP contribution in [0.5, 0.6) is 5.75 Å². The van der Waals surface area contributed by atoms with Crippen LogP contribution in [0.4, 0.5) is 0 Å². The third-order valence-corrected chi connectivity index (χ3v) is 3.25. The van der Waals surface area contributed by atoms with Gasteiger partial charge in [-0.05, 0) is 47.5 Å². The van der Waals surface area contributed by atoms with Crippen LogP contribution in [0, 0.1) is 0 Å². The molecule has 0 fully saturated rings. The Bertz CT molecular complexity index is 690. The van der Waals surface area contributed by atoms with Crippen LogP contribution in [0.1, 0.15) is 0 Å². The van der Waals surface area contributed by atoms with E-state index in [0.717, 1.165) is 17.0 Å². The summed E-state index contributed by atoms with van der Waals surface area (Å²) in [6.45, 7) is 0. The molecule has 0 N–H and O–H groups in total. The number of methoxy groups -OCH3 is 1. The number of benzene rings is 2. The molecular weight excluding hydrogens is 246 g/mol. The van der Waals surface area contributed by atoms with Crippen molar-refractivity contribution in [1.82, 2.24) is 4.98 Å². The van der Waals surface area contributed by atoms with E-state index in [9.17, 15) is 0 Å². The Morgan fingerprint density at radius 1 is 0.750 bits per heavy atom. The van der Waals surface area contributed by atoms with Gasteiger partial charge in [-0.3, -0.25) is 4.98 Å². The Labute approximate surface area is 118 Å². The lowest BCUT2D eigenvalue weighted by molar-refractivity contribution is 0.415. The first-order valence-electron chi connectivity index (χ1n) is 6.53. The fourth-order valence-electron chi connectivity index (χ4n) is 2.16. The van der Waals surface area contributed by atoms with Gasteiger partial charge >= 0.3 is 0 Å². The van der Waals surface area contributed by atoms with Crippen molar-refractivity contribution in [3.63, 3.8) is 0 Å². The largest absolute Gasteiger partial charge is 0.497 e. The molecule has 2 heteroatoms. The molecule has 1 aromatic heterocycles. The van der Waals surface area contributed by atoms with Crippen LogP contribution in [0.15, 0.2) is 72.9 Å². The van der Waals surface area contributed by atoms with E-state index in [0.29, 0.717) is 0 Å². The SMILES string of the molecule is COc1ccc(-c2cc(-c3ccccc3)ccn2)cc1. The summed E-state index contributed by atoms with van der Waals surface area (Å²) in [4.78, 5) is 4.45. The number of hydrogen-bond acceptors (Lipinski definition) is 2. The summed E-state index contributed by atoms with van der Waals surface area (Å²) in [5.41, 5.74) is 4.42. The molecule has 0 amide bonds. The molecule has 0 saturated heterocycles. The minimum Gasteiger partial charge on any atom is -0.497 e. The number of hydrogen-bond donors (Lipinski definition) is 0. The predicted molar refractivity (Wildman–Crippen MR) is 81.7 cm³/mol. The second-order valence-corrected chi connectivity index (χ2v) is 4.52.